The van der Waals surface area contributed by atoms with E-state index in [4.69, 9.17) is 0 Å². The van der Waals surface area contributed by atoms with Gasteiger partial charge in [-0.05, 0) is 37.1 Å². The molecular weight excluding hydrogens is 253 g/mol. The average molecular weight is 271 g/mol. The van der Waals surface area contributed by atoms with Crippen LogP contribution in [0.5, 0.6) is 0 Å². The minimum absolute atomic E-state index is 0.181. The molecule has 1 aromatic heterocycles. The molecule has 0 spiro atoms. The fourth-order valence-electron chi connectivity index (χ4n) is 2.59. The zero-order chi connectivity index (χ0) is 13.8. The molecule has 1 aromatic carbocycles. The van der Waals surface area contributed by atoms with E-state index in [-0.39, 0.29) is 5.82 Å². The first-order chi connectivity index (χ1) is 9.83. The van der Waals surface area contributed by atoms with Crippen molar-refractivity contribution in [1.82, 2.24) is 4.98 Å². The van der Waals surface area contributed by atoms with Crippen LogP contribution in [0.4, 0.5) is 15.9 Å². The smallest absolute Gasteiger partial charge is 0.146 e. The number of rotatable bonds is 3. The highest BCUT2D eigenvalue weighted by Gasteiger charge is 2.20. The molecule has 0 unspecified atom stereocenters. The number of hydrogen-bond acceptors (Lipinski definition) is 3. The van der Waals surface area contributed by atoms with Crippen molar-refractivity contribution in [2.45, 2.75) is 18.9 Å². The Bertz CT molecular complexity index is 551. The maximum Gasteiger partial charge on any atom is 0.146 e. The van der Waals surface area contributed by atoms with Gasteiger partial charge < -0.3 is 10.2 Å². The lowest BCUT2D eigenvalue weighted by Crippen LogP contribution is -2.39. The van der Waals surface area contributed by atoms with Crippen molar-refractivity contribution in [3.8, 4) is 0 Å². The van der Waals surface area contributed by atoms with Crippen molar-refractivity contribution >= 4 is 11.5 Å². The summed E-state index contributed by atoms with van der Waals surface area (Å²) in [6.45, 7) is 1.90. The molecule has 104 valence electrons. The van der Waals surface area contributed by atoms with Gasteiger partial charge >= 0.3 is 0 Å². The number of nitrogens with one attached hydrogen (secondary N) is 1. The molecule has 0 atom stereocenters. The summed E-state index contributed by atoms with van der Waals surface area (Å²) in [6.07, 6.45) is 3.80. The number of halogens is 1. The number of hydrogen-bond donors (Lipinski definition) is 1. The van der Waals surface area contributed by atoms with Gasteiger partial charge in [-0.25, -0.2) is 9.37 Å². The van der Waals surface area contributed by atoms with Gasteiger partial charge in [0.1, 0.15) is 11.6 Å². The molecule has 0 amide bonds. The maximum atomic E-state index is 13.6. The minimum atomic E-state index is -0.181. The molecule has 3 rings (SSSR count). The Morgan fingerprint density at radius 3 is 2.50 bits per heavy atom. The first-order valence-electron chi connectivity index (χ1n) is 7.00. The first-order valence-corrected chi connectivity index (χ1v) is 7.00. The Morgan fingerprint density at radius 1 is 1.05 bits per heavy atom. The number of nitrogens with zero attached hydrogens (tertiary/aromatic N) is 2. The lowest BCUT2D eigenvalue weighted by molar-refractivity contribution is 0.519. The third-order valence-corrected chi connectivity index (χ3v) is 3.70. The molecule has 0 aliphatic carbocycles. The predicted octanol–water partition coefficient (Wildman–Crippen LogP) is 3.30. The highest BCUT2D eigenvalue weighted by molar-refractivity contribution is 5.46. The topological polar surface area (TPSA) is 28.2 Å². The quantitative estimate of drug-likeness (QED) is 0.928. The van der Waals surface area contributed by atoms with Crippen molar-refractivity contribution in [3.63, 3.8) is 0 Å². The SMILES string of the molecule is Fc1ccccc1NC1CCN(c2ccccn2)CC1. The third-order valence-electron chi connectivity index (χ3n) is 3.70. The zero-order valence-electron chi connectivity index (χ0n) is 11.3. The molecule has 0 bridgehead atoms. The van der Waals surface area contributed by atoms with Crippen LogP contribution in [0.2, 0.25) is 0 Å². The molecule has 2 heterocycles. The molecule has 3 nitrogen and oxygen atoms in total. The molecule has 1 aliphatic heterocycles. The summed E-state index contributed by atoms with van der Waals surface area (Å²) in [5.74, 6) is 0.844. The predicted molar refractivity (Wildman–Crippen MR) is 79.5 cm³/mol. The van der Waals surface area contributed by atoms with E-state index < -0.39 is 0 Å². The summed E-state index contributed by atoms with van der Waals surface area (Å²) in [7, 11) is 0. The van der Waals surface area contributed by atoms with Crippen molar-refractivity contribution in [2.75, 3.05) is 23.3 Å². The van der Waals surface area contributed by atoms with Gasteiger partial charge in [-0.15, -0.1) is 0 Å². The van der Waals surface area contributed by atoms with Crippen LogP contribution in [0.25, 0.3) is 0 Å². The fraction of sp³-hybridized carbons (Fsp3) is 0.312. The van der Waals surface area contributed by atoms with Gasteiger partial charge in [0.2, 0.25) is 0 Å². The lowest BCUT2D eigenvalue weighted by Gasteiger charge is -2.33. The summed E-state index contributed by atoms with van der Waals surface area (Å²) in [6, 6.07) is 13.1. The van der Waals surface area contributed by atoms with Crippen molar-refractivity contribution in [3.05, 3.63) is 54.5 Å². The maximum absolute atomic E-state index is 13.6. The summed E-state index contributed by atoms with van der Waals surface area (Å²) in [5.41, 5.74) is 0.601. The van der Waals surface area contributed by atoms with Crippen LogP contribution in [0, 0.1) is 5.82 Å². The summed E-state index contributed by atoms with van der Waals surface area (Å²) < 4.78 is 13.6. The van der Waals surface area contributed by atoms with Gasteiger partial charge in [-0.2, -0.15) is 0 Å². The van der Waals surface area contributed by atoms with E-state index in [1.165, 1.54) is 6.07 Å². The van der Waals surface area contributed by atoms with E-state index >= 15 is 0 Å². The molecule has 2 aromatic rings. The standard InChI is InChI=1S/C16H18FN3/c17-14-5-1-2-6-15(14)19-13-8-11-20(12-9-13)16-7-3-4-10-18-16/h1-7,10,13,19H,8-9,11-12H2. The normalized spacial score (nSPS) is 16.1. The van der Waals surface area contributed by atoms with Gasteiger partial charge in [0.15, 0.2) is 0 Å². The Labute approximate surface area is 118 Å². The second kappa shape index (κ2) is 5.90. The molecule has 1 saturated heterocycles. The van der Waals surface area contributed by atoms with E-state index in [1.54, 1.807) is 12.1 Å². The van der Waals surface area contributed by atoms with Crippen LogP contribution in [0.1, 0.15) is 12.8 Å². The van der Waals surface area contributed by atoms with Crippen molar-refractivity contribution in [1.29, 1.82) is 0 Å². The average Bonchev–Trinajstić information content (AvgIpc) is 2.51. The van der Waals surface area contributed by atoms with E-state index in [1.807, 2.05) is 30.5 Å². The minimum Gasteiger partial charge on any atom is -0.380 e. The van der Waals surface area contributed by atoms with E-state index in [0.717, 1.165) is 31.7 Å². The number of piperidine rings is 1. The first kappa shape index (κ1) is 12.9. The Hall–Kier alpha value is -2.10. The molecule has 0 saturated carbocycles. The number of benzene rings is 1. The summed E-state index contributed by atoms with van der Waals surface area (Å²) >= 11 is 0. The van der Waals surface area contributed by atoms with Crippen LogP contribution < -0.4 is 10.2 Å². The molecule has 1 aliphatic rings. The van der Waals surface area contributed by atoms with Gasteiger partial charge in [0.25, 0.3) is 0 Å². The summed E-state index contributed by atoms with van der Waals surface area (Å²) in [4.78, 5) is 6.65. The number of aromatic nitrogens is 1. The van der Waals surface area contributed by atoms with Crippen LogP contribution >= 0.6 is 0 Å². The third kappa shape index (κ3) is 2.90. The Kier molecular flexibility index (Phi) is 3.81. The Balaban J connectivity index is 1.58. The van der Waals surface area contributed by atoms with E-state index in [2.05, 4.69) is 15.2 Å². The van der Waals surface area contributed by atoms with Crippen molar-refractivity contribution < 1.29 is 4.39 Å². The van der Waals surface area contributed by atoms with E-state index in [0.29, 0.717) is 11.7 Å². The van der Waals surface area contributed by atoms with Gasteiger partial charge in [0.05, 0.1) is 5.69 Å². The monoisotopic (exact) mass is 271 g/mol. The molecule has 1 fully saturated rings. The molecule has 4 heteroatoms. The van der Waals surface area contributed by atoms with Crippen LogP contribution in [0.15, 0.2) is 48.7 Å². The zero-order valence-corrected chi connectivity index (χ0v) is 11.3. The van der Waals surface area contributed by atoms with Gasteiger partial charge in [0, 0.05) is 25.3 Å². The molecule has 0 radical (unpaired) electrons. The van der Waals surface area contributed by atoms with Crippen LogP contribution in [-0.2, 0) is 0 Å². The largest absolute Gasteiger partial charge is 0.380 e. The summed E-state index contributed by atoms with van der Waals surface area (Å²) in [5, 5.41) is 3.30. The Morgan fingerprint density at radius 2 is 1.80 bits per heavy atom. The number of anilines is 2. The van der Waals surface area contributed by atoms with Crippen LogP contribution in [-0.4, -0.2) is 24.1 Å². The van der Waals surface area contributed by atoms with Gasteiger partial charge in [-0.3, -0.25) is 0 Å². The molecule has 20 heavy (non-hydrogen) atoms. The number of para-hydroxylation sites is 1. The highest BCUT2D eigenvalue weighted by Crippen LogP contribution is 2.21. The van der Waals surface area contributed by atoms with E-state index in [9.17, 15) is 4.39 Å². The van der Waals surface area contributed by atoms with Crippen LogP contribution in [0.3, 0.4) is 0 Å². The molecule has 1 N–H and O–H groups in total. The second-order valence-corrected chi connectivity index (χ2v) is 5.07. The number of pyridine rings is 1. The van der Waals surface area contributed by atoms with Crippen molar-refractivity contribution in [2.24, 2.45) is 0 Å². The second-order valence-electron chi connectivity index (χ2n) is 5.07. The highest BCUT2D eigenvalue weighted by atomic mass is 19.1. The van der Waals surface area contributed by atoms with Gasteiger partial charge in [-0.1, -0.05) is 18.2 Å². The lowest BCUT2D eigenvalue weighted by atomic mass is 10.0. The fourth-order valence-corrected chi connectivity index (χ4v) is 2.59. The molecular formula is C16H18FN3.